The van der Waals surface area contributed by atoms with Crippen molar-refractivity contribution in [2.45, 2.75) is 39.7 Å². The van der Waals surface area contributed by atoms with Crippen molar-refractivity contribution >= 4 is 28.9 Å². The number of nitrogens with zero attached hydrogens (tertiary/aromatic N) is 2. The number of amides is 1. The normalized spacial score (nSPS) is 16.4. The summed E-state index contributed by atoms with van der Waals surface area (Å²) in [6.45, 7) is 9.79. The summed E-state index contributed by atoms with van der Waals surface area (Å²) in [5, 5.41) is 0. The van der Waals surface area contributed by atoms with Crippen LogP contribution in [0.2, 0.25) is 0 Å². The molecule has 2 aliphatic heterocycles. The minimum absolute atomic E-state index is 0.0342. The number of anilines is 3. The molecule has 0 saturated heterocycles. The van der Waals surface area contributed by atoms with Crippen LogP contribution in [0, 0.1) is 6.92 Å². The van der Waals surface area contributed by atoms with Crippen LogP contribution in [0.4, 0.5) is 17.1 Å². The molecule has 6 heteroatoms. The van der Waals surface area contributed by atoms with Gasteiger partial charge in [-0.1, -0.05) is 43.3 Å². The number of rotatable bonds is 6. The summed E-state index contributed by atoms with van der Waals surface area (Å²) in [5.41, 5.74) is 4.96. The van der Waals surface area contributed by atoms with Crippen molar-refractivity contribution in [2.24, 2.45) is 0 Å². The molecular weight excluding hydrogens is 500 g/mol. The number of fused-ring (bicyclic) bond motifs is 6. The zero-order chi connectivity index (χ0) is 28.0. The lowest BCUT2D eigenvalue weighted by molar-refractivity contribution is -0.117. The van der Waals surface area contributed by atoms with Crippen LogP contribution < -0.4 is 14.5 Å². The molecule has 6 rings (SSSR count). The Hall–Kier alpha value is -4.58. The van der Waals surface area contributed by atoms with Crippen LogP contribution in [-0.2, 0) is 15.1 Å². The minimum Gasteiger partial charge on any atom is -0.456 e. The first kappa shape index (κ1) is 25.7. The van der Waals surface area contributed by atoms with Gasteiger partial charge in [0.15, 0.2) is 5.60 Å². The third kappa shape index (κ3) is 3.78. The minimum atomic E-state index is -1.21. The van der Waals surface area contributed by atoms with E-state index in [1.807, 2.05) is 86.6 Å². The van der Waals surface area contributed by atoms with E-state index in [4.69, 9.17) is 9.47 Å². The predicted octanol–water partition coefficient (Wildman–Crippen LogP) is 7.48. The molecule has 202 valence electrons. The standard InChI is InChI=1S/C34H32N2O4/c1-5-32(37)36(23-13-9-8-10-14-23)29-21-28-30(19-22(29)4)39-31-20-24(35(6-2)7-3)17-18-27(31)34(28)26-16-12-11-15-25(26)33(38)40-34/h8-21H,5-7H2,1-4H3. The summed E-state index contributed by atoms with van der Waals surface area (Å²) < 4.78 is 13.0. The van der Waals surface area contributed by atoms with Gasteiger partial charge in [-0.05, 0) is 68.8 Å². The Bertz CT molecular complexity index is 1630. The maximum Gasteiger partial charge on any atom is 0.340 e. The summed E-state index contributed by atoms with van der Waals surface area (Å²) in [4.78, 5) is 30.7. The van der Waals surface area contributed by atoms with Crippen LogP contribution in [0.3, 0.4) is 0 Å². The maximum atomic E-state index is 13.4. The van der Waals surface area contributed by atoms with Crippen LogP contribution in [0.25, 0.3) is 0 Å². The molecule has 1 atom stereocenters. The van der Waals surface area contributed by atoms with E-state index in [9.17, 15) is 9.59 Å². The molecule has 1 spiro atoms. The SMILES string of the molecule is CCC(=O)N(c1ccccc1)c1cc2c(cc1C)Oc1cc(N(CC)CC)ccc1C21OC(=O)c2ccccc21. The molecule has 0 aliphatic carbocycles. The van der Waals surface area contributed by atoms with Gasteiger partial charge in [0.1, 0.15) is 11.5 Å². The number of ether oxygens (including phenoxy) is 2. The van der Waals surface area contributed by atoms with Crippen LogP contribution >= 0.6 is 0 Å². The quantitative estimate of drug-likeness (QED) is 0.241. The molecule has 2 aliphatic rings. The molecule has 0 bridgehead atoms. The zero-order valence-electron chi connectivity index (χ0n) is 23.2. The molecule has 0 saturated carbocycles. The van der Waals surface area contributed by atoms with E-state index >= 15 is 0 Å². The number of carbonyl (C=O) groups excluding carboxylic acids is 2. The Labute approximate surface area is 234 Å². The molecule has 6 nitrogen and oxygen atoms in total. The van der Waals surface area contributed by atoms with E-state index in [0.29, 0.717) is 29.0 Å². The summed E-state index contributed by atoms with van der Waals surface area (Å²) in [5.74, 6) is 0.840. The van der Waals surface area contributed by atoms with Crippen molar-refractivity contribution in [1.29, 1.82) is 0 Å². The number of hydrogen-bond acceptors (Lipinski definition) is 5. The first-order valence-electron chi connectivity index (χ1n) is 13.9. The van der Waals surface area contributed by atoms with Gasteiger partial charge in [0.25, 0.3) is 0 Å². The highest BCUT2D eigenvalue weighted by atomic mass is 16.6. The second kappa shape index (κ2) is 9.87. The smallest absolute Gasteiger partial charge is 0.340 e. The van der Waals surface area contributed by atoms with Crippen LogP contribution in [0.15, 0.2) is 84.9 Å². The third-order valence-electron chi connectivity index (χ3n) is 7.95. The van der Waals surface area contributed by atoms with Crippen LogP contribution in [-0.4, -0.2) is 25.0 Å². The van der Waals surface area contributed by atoms with Gasteiger partial charge in [0.2, 0.25) is 5.91 Å². The summed E-state index contributed by atoms with van der Waals surface area (Å²) in [6, 6.07) is 27.1. The fraction of sp³-hybridized carbons (Fsp3) is 0.235. The lowest BCUT2D eigenvalue weighted by atomic mass is 9.77. The monoisotopic (exact) mass is 532 g/mol. The van der Waals surface area contributed by atoms with Gasteiger partial charge in [-0.2, -0.15) is 0 Å². The van der Waals surface area contributed by atoms with Crippen molar-refractivity contribution in [1.82, 2.24) is 0 Å². The maximum absolute atomic E-state index is 13.4. The van der Waals surface area contributed by atoms with E-state index in [2.05, 4.69) is 24.8 Å². The van der Waals surface area contributed by atoms with Gasteiger partial charge < -0.3 is 14.4 Å². The number of para-hydroxylation sites is 1. The van der Waals surface area contributed by atoms with Crippen molar-refractivity contribution in [3.8, 4) is 11.5 Å². The van der Waals surface area contributed by atoms with Crippen LogP contribution in [0.1, 0.15) is 59.8 Å². The van der Waals surface area contributed by atoms with Crippen molar-refractivity contribution in [2.75, 3.05) is 22.9 Å². The molecule has 0 aromatic heterocycles. The third-order valence-corrected chi connectivity index (χ3v) is 7.95. The van der Waals surface area contributed by atoms with Crippen molar-refractivity contribution in [3.63, 3.8) is 0 Å². The Kier molecular flexibility index (Phi) is 6.34. The molecule has 1 amide bonds. The number of esters is 1. The second-order valence-electron chi connectivity index (χ2n) is 10.1. The number of carbonyl (C=O) groups is 2. The average molecular weight is 533 g/mol. The van der Waals surface area contributed by atoms with Gasteiger partial charge in [0, 0.05) is 53.6 Å². The van der Waals surface area contributed by atoms with Gasteiger partial charge in [-0.15, -0.1) is 0 Å². The van der Waals surface area contributed by atoms with Gasteiger partial charge in [-0.3, -0.25) is 9.69 Å². The molecule has 0 fully saturated rings. The van der Waals surface area contributed by atoms with E-state index in [-0.39, 0.29) is 11.9 Å². The molecule has 2 heterocycles. The molecule has 0 N–H and O–H groups in total. The van der Waals surface area contributed by atoms with E-state index in [1.54, 1.807) is 11.0 Å². The number of aryl methyl sites for hydroxylation is 1. The first-order chi connectivity index (χ1) is 19.4. The molecule has 4 aromatic carbocycles. The lowest BCUT2D eigenvalue weighted by Crippen LogP contribution is -2.34. The fourth-order valence-electron chi connectivity index (χ4n) is 5.98. The number of hydrogen-bond donors (Lipinski definition) is 0. The van der Waals surface area contributed by atoms with E-state index in [1.165, 1.54) is 0 Å². The molecule has 40 heavy (non-hydrogen) atoms. The summed E-state index contributed by atoms with van der Waals surface area (Å²) in [7, 11) is 0. The zero-order valence-corrected chi connectivity index (χ0v) is 23.2. The fourth-order valence-corrected chi connectivity index (χ4v) is 5.98. The predicted molar refractivity (Wildman–Crippen MR) is 157 cm³/mol. The Morgan fingerprint density at radius 3 is 2.20 bits per heavy atom. The largest absolute Gasteiger partial charge is 0.456 e. The summed E-state index contributed by atoms with van der Waals surface area (Å²) in [6.07, 6.45) is 0.335. The molecular formula is C34H32N2O4. The highest BCUT2D eigenvalue weighted by Gasteiger charge is 2.54. The molecule has 4 aromatic rings. The molecule has 0 radical (unpaired) electrons. The van der Waals surface area contributed by atoms with Crippen molar-refractivity contribution in [3.05, 3.63) is 113 Å². The van der Waals surface area contributed by atoms with Gasteiger partial charge >= 0.3 is 5.97 Å². The average Bonchev–Trinajstić information content (AvgIpc) is 3.27. The molecule has 1 unspecified atom stereocenters. The number of benzene rings is 4. The Morgan fingerprint density at radius 2 is 1.48 bits per heavy atom. The first-order valence-corrected chi connectivity index (χ1v) is 13.9. The van der Waals surface area contributed by atoms with Gasteiger partial charge in [-0.25, -0.2) is 4.79 Å². The lowest BCUT2D eigenvalue weighted by Gasteiger charge is -2.38. The Balaban J connectivity index is 1.63. The highest BCUT2D eigenvalue weighted by Crippen LogP contribution is 2.57. The highest BCUT2D eigenvalue weighted by molar-refractivity contribution is 6.02. The van der Waals surface area contributed by atoms with Gasteiger partial charge in [0.05, 0.1) is 11.3 Å². The van der Waals surface area contributed by atoms with E-state index in [0.717, 1.165) is 46.8 Å². The van der Waals surface area contributed by atoms with Crippen molar-refractivity contribution < 1.29 is 19.1 Å². The van der Waals surface area contributed by atoms with E-state index < -0.39 is 5.60 Å². The van der Waals surface area contributed by atoms with Crippen LogP contribution in [0.5, 0.6) is 11.5 Å². The topological polar surface area (TPSA) is 59.1 Å². The second-order valence-corrected chi connectivity index (χ2v) is 10.1. The Morgan fingerprint density at radius 1 is 0.775 bits per heavy atom. The summed E-state index contributed by atoms with van der Waals surface area (Å²) >= 11 is 0.